The number of piperidine rings is 1. The van der Waals surface area contributed by atoms with Gasteiger partial charge in [-0.1, -0.05) is 0 Å². The zero-order valence-electron chi connectivity index (χ0n) is 16.5. The maximum absolute atomic E-state index is 13.3. The molecule has 4 rings (SSSR count). The van der Waals surface area contributed by atoms with Crippen LogP contribution in [0.4, 0.5) is 18.9 Å². The van der Waals surface area contributed by atoms with E-state index in [-0.39, 0.29) is 18.2 Å². The standard InChI is InChI=1S/C23H23F3N2O2/c24-17-3-5-20(6-4-17)28-22(29)14-21(23(28)30)27-9-7-15(8-10-27)1-2-16-11-18(25)13-19(26)12-16/h3-6,11-13,15,21H,1-2,7-10,14H2/p+1/t21-/m1/s1. The highest BCUT2D eigenvalue weighted by Gasteiger charge is 2.46. The predicted molar refractivity (Wildman–Crippen MR) is 105 cm³/mol. The largest absolute Gasteiger partial charge is 0.324 e. The van der Waals surface area contributed by atoms with Gasteiger partial charge in [0.15, 0.2) is 6.04 Å². The summed E-state index contributed by atoms with van der Waals surface area (Å²) in [6.45, 7) is 1.56. The molecule has 0 spiro atoms. The Morgan fingerprint density at radius 2 is 1.53 bits per heavy atom. The van der Waals surface area contributed by atoms with Crippen LogP contribution in [-0.4, -0.2) is 30.9 Å². The van der Waals surface area contributed by atoms with Gasteiger partial charge in [0.25, 0.3) is 5.91 Å². The zero-order valence-corrected chi connectivity index (χ0v) is 16.5. The van der Waals surface area contributed by atoms with Crippen LogP contribution in [0.25, 0.3) is 0 Å². The van der Waals surface area contributed by atoms with Crippen LogP contribution in [0, 0.1) is 23.4 Å². The number of nitrogens with one attached hydrogen (secondary N) is 1. The molecule has 2 aromatic carbocycles. The number of amides is 2. The molecule has 2 aliphatic rings. The first-order valence-electron chi connectivity index (χ1n) is 10.3. The maximum atomic E-state index is 13.3. The molecule has 0 radical (unpaired) electrons. The molecule has 0 unspecified atom stereocenters. The van der Waals surface area contributed by atoms with Gasteiger partial charge in [-0.05, 0) is 73.6 Å². The number of anilines is 1. The number of aryl methyl sites for hydroxylation is 1. The molecule has 1 atom stereocenters. The Balaban J connectivity index is 1.32. The van der Waals surface area contributed by atoms with Crippen LogP contribution in [0.1, 0.15) is 31.2 Å². The Bertz CT molecular complexity index is 920. The third-order valence-electron chi connectivity index (χ3n) is 6.24. The van der Waals surface area contributed by atoms with Crippen molar-refractivity contribution in [1.82, 2.24) is 0 Å². The lowest BCUT2D eigenvalue weighted by Gasteiger charge is -2.32. The summed E-state index contributed by atoms with van der Waals surface area (Å²) in [6.07, 6.45) is 3.44. The molecule has 1 N–H and O–H groups in total. The zero-order chi connectivity index (χ0) is 21.3. The summed E-state index contributed by atoms with van der Waals surface area (Å²) in [5.74, 6) is -1.57. The molecule has 7 heteroatoms. The van der Waals surface area contributed by atoms with Crippen molar-refractivity contribution in [2.24, 2.45) is 5.92 Å². The van der Waals surface area contributed by atoms with E-state index in [4.69, 9.17) is 0 Å². The van der Waals surface area contributed by atoms with Gasteiger partial charge < -0.3 is 4.90 Å². The van der Waals surface area contributed by atoms with E-state index in [2.05, 4.69) is 0 Å². The molecule has 2 aliphatic heterocycles. The van der Waals surface area contributed by atoms with Crippen LogP contribution in [-0.2, 0) is 16.0 Å². The van der Waals surface area contributed by atoms with Gasteiger partial charge in [0.1, 0.15) is 17.5 Å². The summed E-state index contributed by atoms with van der Waals surface area (Å²) in [5, 5.41) is 0. The second-order valence-electron chi connectivity index (χ2n) is 8.22. The third kappa shape index (κ3) is 4.41. The van der Waals surface area contributed by atoms with E-state index >= 15 is 0 Å². The van der Waals surface area contributed by atoms with Crippen LogP contribution < -0.4 is 9.80 Å². The van der Waals surface area contributed by atoms with E-state index in [0.717, 1.165) is 43.3 Å². The van der Waals surface area contributed by atoms with E-state index in [1.807, 2.05) is 0 Å². The molecule has 0 aromatic heterocycles. The second-order valence-corrected chi connectivity index (χ2v) is 8.22. The highest BCUT2D eigenvalue weighted by atomic mass is 19.1. The lowest BCUT2D eigenvalue weighted by molar-refractivity contribution is -0.920. The summed E-state index contributed by atoms with van der Waals surface area (Å²) in [6, 6.07) is 8.60. The molecule has 0 saturated carbocycles. The first kappa shape index (κ1) is 20.6. The van der Waals surface area contributed by atoms with Gasteiger partial charge in [-0.3, -0.25) is 9.59 Å². The number of carbonyl (C=O) groups excluding carboxylic acids is 2. The van der Waals surface area contributed by atoms with E-state index < -0.39 is 23.5 Å². The van der Waals surface area contributed by atoms with Gasteiger partial charge in [0.05, 0.1) is 25.2 Å². The van der Waals surface area contributed by atoms with Crippen molar-refractivity contribution >= 4 is 17.5 Å². The topological polar surface area (TPSA) is 41.8 Å². The van der Waals surface area contributed by atoms with Crippen molar-refractivity contribution in [1.29, 1.82) is 0 Å². The minimum absolute atomic E-state index is 0.165. The number of rotatable bonds is 5. The van der Waals surface area contributed by atoms with Crippen molar-refractivity contribution in [2.45, 2.75) is 38.1 Å². The van der Waals surface area contributed by atoms with Crippen LogP contribution in [0.3, 0.4) is 0 Å². The van der Waals surface area contributed by atoms with Gasteiger partial charge in [-0.15, -0.1) is 0 Å². The summed E-state index contributed by atoms with van der Waals surface area (Å²) in [7, 11) is 0. The van der Waals surface area contributed by atoms with Crippen molar-refractivity contribution < 1.29 is 27.7 Å². The van der Waals surface area contributed by atoms with Crippen LogP contribution >= 0.6 is 0 Å². The Morgan fingerprint density at radius 1 is 0.900 bits per heavy atom. The number of halogens is 3. The second kappa shape index (κ2) is 8.60. The average molecular weight is 417 g/mol. The number of nitrogens with zero attached hydrogens (tertiary/aromatic N) is 1. The minimum Gasteiger partial charge on any atom is -0.324 e. The van der Waals surface area contributed by atoms with Crippen molar-refractivity contribution in [3.05, 3.63) is 65.5 Å². The van der Waals surface area contributed by atoms with Crippen LogP contribution in [0.5, 0.6) is 0 Å². The molecule has 2 fully saturated rings. The number of hydrogen-bond donors (Lipinski definition) is 1. The molecule has 30 heavy (non-hydrogen) atoms. The normalized spacial score (nSPS) is 24.5. The van der Waals surface area contributed by atoms with Crippen molar-refractivity contribution in [2.75, 3.05) is 18.0 Å². The Hall–Kier alpha value is -2.67. The number of hydrogen-bond acceptors (Lipinski definition) is 2. The van der Waals surface area contributed by atoms with E-state index in [1.165, 1.54) is 41.3 Å². The lowest BCUT2D eigenvalue weighted by Crippen LogP contribution is -3.17. The monoisotopic (exact) mass is 417 g/mol. The summed E-state index contributed by atoms with van der Waals surface area (Å²) < 4.78 is 39.8. The SMILES string of the molecule is O=C1C[C@@H]([NH+]2CCC(CCc3cc(F)cc(F)c3)CC2)C(=O)N1c1ccc(F)cc1. The van der Waals surface area contributed by atoms with Gasteiger partial charge in [0, 0.05) is 6.07 Å². The smallest absolute Gasteiger partial charge is 0.292 e. The number of likely N-dealkylation sites (tertiary alicyclic amines) is 1. The number of imide groups is 1. The minimum atomic E-state index is -0.556. The molecule has 158 valence electrons. The molecular formula is C23H24F3N2O2+. The van der Waals surface area contributed by atoms with E-state index in [0.29, 0.717) is 23.6 Å². The van der Waals surface area contributed by atoms with Crippen LogP contribution in [0.2, 0.25) is 0 Å². The van der Waals surface area contributed by atoms with Gasteiger partial charge in [-0.25, -0.2) is 18.1 Å². The van der Waals surface area contributed by atoms with Gasteiger partial charge in [-0.2, -0.15) is 0 Å². The third-order valence-corrected chi connectivity index (χ3v) is 6.24. The Kier molecular flexibility index (Phi) is 5.90. The van der Waals surface area contributed by atoms with Crippen LogP contribution in [0.15, 0.2) is 42.5 Å². The molecule has 2 saturated heterocycles. The quantitative estimate of drug-likeness (QED) is 0.761. The molecule has 4 nitrogen and oxygen atoms in total. The summed E-state index contributed by atoms with van der Waals surface area (Å²) >= 11 is 0. The van der Waals surface area contributed by atoms with E-state index in [1.54, 1.807) is 0 Å². The fourth-order valence-corrected chi connectivity index (χ4v) is 4.62. The maximum Gasteiger partial charge on any atom is 0.292 e. The highest BCUT2D eigenvalue weighted by Crippen LogP contribution is 2.24. The molecule has 0 bridgehead atoms. The molecule has 2 aromatic rings. The molecule has 2 heterocycles. The number of quaternary nitrogens is 1. The number of carbonyl (C=O) groups is 2. The fourth-order valence-electron chi connectivity index (χ4n) is 4.62. The lowest BCUT2D eigenvalue weighted by atomic mass is 9.90. The highest BCUT2D eigenvalue weighted by molar-refractivity contribution is 6.21. The summed E-state index contributed by atoms with van der Waals surface area (Å²) in [4.78, 5) is 27.6. The molecule has 0 aliphatic carbocycles. The predicted octanol–water partition coefficient (Wildman–Crippen LogP) is 2.66. The van der Waals surface area contributed by atoms with Gasteiger partial charge in [0.2, 0.25) is 5.91 Å². The summed E-state index contributed by atoms with van der Waals surface area (Å²) in [5.41, 5.74) is 1.07. The fraction of sp³-hybridized carbons (Fsp3) is 0.391. The Labute approximate surface area is 173 Å². The molecule has 2 amide bonds. The van der Waals surface area contributed by atoms with Gasteiger partial charge >= 0.3 is 0 Å². The molecular weight excluding hydrogens is 393 g/mol. The van der Waals surface area contributed by atoms with Crippen molar-refractivity contribution in [3.8, 4) is 0 Å². The Morgan fingerprint density at radius 3 is 2.17 bits per heavy atom. The van der Waals surface area contributed by atoms with Crippen molar-refractivity contribution in [3.63, 3.8) is 0 Å². The number of benzene rings is 2. The first-order valence-corrected chi connectivity index (χ1v) is 10.3. The average Bonchev–Trinajstić information content (AvgIpc) is 3.01. The first-order chi connectivity index (χ1) is 14.4. The van der Waals surface area contributed by atoms with E-state index in [9.17, 15) is 22.8 Å².